The molecule has 134 valence electrons. The van der Waals surface area contributed by atoms with Gasteiger partial charge in [-0.2, -0.15) is 13.2 Å². The Bertz CT molecular complexity index is 1040. The third kappa shape index (κ3) is 2.38. The summed E-state index contributed by atoms with van der Waals surface area (Å²) in [6, 6.07) is 8.76. The van der Waals surface area contributed by atoms with E-state index in [1.54, 1.807) is 13.8 Å². The quantitative estimate of drug-likeness (QED) is 0.477. The van der Waals surface area contributed by atoms with Gasteiger partial charge in [-0.15, -0.1) is 0 Å². The van der Waals surface area contributed by atoms with Crippen molar-refractivity contribution < 1.29 is 22.0 Å². The van der Waals surface area contributed by atoms with E-state index in [0.29, 0.717) is 34.0 Å². The number of aryl methyl sites for hydroxylation is 2. The van der Waals surface area contributed by atoms with E-state index in [2.05, 4.69) is 9.97 Å². The Hall–Kier alpha value is -2.83. The van der Waals surface area contributed by atoms with Crippen molar-refractivity contribution in [2.75, 3.05) is 0 Å². The van der Waals surface area contributed by atoms with Crippen LogP contribution in [0, 0.1) is 13.8 Å². The first-order valence-corrected chi connectivity index (χ1v) is 8.00. The minimum absolute atomic E-state index is 0.0883. The van der Waals surface area contributed by atoms with Crippen LogP contribution in [-0.2, 0) is 5.41 Å². The average molecular weight is 360 g/mol. The fourth-order valence-corrected chi connectivity index (χ4v) is 3.20. The average Bonchev–Trinajstić information content (AvgIpc) is 3.11. The Morgan fingerprint density at radius 1 is 0.769 bits per heavy atom. The van der Waals surface area contributed by atoms with Crippen molar-refractivity contribution in [3.05, 3.63) is 59.3 Å². The summed E-state index contributed by atoms with van der Waals surface area (Å²) < 4.78 is 53.3. The van der Waals surface area contributed by atoms with Gasteiger partial charge in [0.05, 0.1) is 0 Å². The summed E-state index contributed by atoms with van der Waals surface area (Å²) in [5.41, 5.74) is -0.343. The number of rotatable bonds is 2. The molecule has 26 heavy (non-hydrogen) atoms. The van der Waals surface area contributed by atoms with E-state index in [1.165, 1.54) is 36.4 Å². The van der Waals surface area contributed by atoms with Crippen LogP contribution in [0.1, 0.15) is 29.8 Å². The van der Waals surface area contributed by atoms with Crippen molar-refractivity contribution in [1.29, 1.82) is 0 Å². The monoisotopic (exact) mass is 360 g/mol. The van der Waals surface area contributed by atoms with Gasteiger partial charge in [-0.1, -0.05) is 12.1 Å². The van der Waals surface area contributed by atoms with Crippen molar-refractivity contribution in [2.24, 2.45) is 0 Å². The number of hydrogen-bond donors (Lipinski definition) is 0. The van der Waals surface area contributed by atoms with Crippen molar-refractivity contribution in [1.82, 2.24) is 9.97 Å². The highest BCUT2D eigenvalue weighted by Gasteiger charge is 2.53. The maximum Gasteiger partial charge on any atom is 0.402 e. The van der Waals surface area contributed by atoms with E-state index >= 15 is 0 Å². The van der Waals surface area contributed by atoms with Gasteiger partial charge in [-0.3, -0.25) is 0 Å². The Morgan fingerprint density at radius 3 is 1.58 bits per heavy atom. The Balaban J connectivity index is 1.96. The third-order valence-corrected chi connectivity index (χ3v) is 4.71. The van der Waals surface area contributed by atoms with Crippen LogP contribution in [0.15, 0.2) is 45.2 Å². The minimum Gasteiger partial charge on any atom is -0.441 e. The smallest absolute Gasteiger partial charge is 0.402 e. The molecule has 2 aromatic heterocycles. The molecule has 4 rings (SSSR count). The van der Waals surface area contributed by atoms with Gasteiger partial charge in [0.25, 0.3) is 0 Å². The molecular weight excluding hydrogens is 345 g/mol. The van der Waals surface area contributed by atoms with Crippen LogP contribution in [0.2, 0.25) is 0 Å². The first-order chi connectivity index (χ1) is 12.2. The van der Waals surface area contributed by atoms with Gasteiger partial charge in [-0.05, 0) is 42.3 Å². The van der Waals surface area contributed by atoms with Crippen LogP contribution in [-0.4, -0.2) is 16.1 Å². The van der Waals surface area contributed by atoms with Crippen molar-refractivity contribution >= 4 is 22.2 Å². The van der Waals surface area contributed by atoms with Crippen LogP contribution in [0.4, 0.5) is 13.2 Å². The number of benzene rings is 2. The highest BCUT2D eigenvalue weighted by molar-refractivity contribution is 5.76. The fourth-order valence-electron chi connectivity index (χ4n) is 3.20. The molecule has 0 aliphatic carbocycles. The van der Waals surface area contributed by atoms with Gasteiger partial charge in [-0.25, -0.2) is 9.97 Å². The lowest BCUT2D eigenvalue weighted by atomic mass is 9.75. The van der Waals surface area contributed by atoms with Gasteiger partial charge >= 0.3 is 6.18 Å². The Kier molecular flexibility index (Phi) is 3.41. The molecule has 7 heteroatoms. The summed E-state index contributed by atoms with van der Waals surface area (Å²) in [6.07, 6.45) is -4.52. The van der Waals surface area contributed by atoms with E-state index in [9.17, 15) is 13.2 Å². The summed E-state index contributed by atoms with van der Waals surface area (Å²) in [6.45, 7) is 4.47. The summed E-state index contributed by atoms with van der Waals surface area (Å²) in [4.78, 5) is 8.31. The SMILES string of the molecule is Cc1nc2cc(C(C)(c3ccc4oc(C)nc4c3)C(F)(F)F)ccc2o1. The van der Waals surface area contributed by atoms with E-state index in [4.69, 9.17) is 8.83 Å². The van der Waals surface area contributed by atoms with Crippen molar-refractivity contribution in [2.45, 2.75) is 32.4 Å². The summed E-state index contributed by atoms with van der Waals surface area (Å²) in [5, 5.41) is 0. The second-order valence-electron chi connectivity index (χ2n) is 6.45. The Morgan fingerprint density at radius 2 is 1.19 bits per heavy atom. The molecule has 4 nitrogen and oxygen atoms in total. The first-order valence-electron chi connectivity index (χ1n) is 8.00. The first kappa shape index (κ1) is 16.6. The number of fused-ring (bicyclic) bond motifs is 2. The number of hydrogen-bond acceptors (Lipinski definition) is 4. The summed E-state index contributed by atoms with van der Waals surface area (Å²) in [7, 11) is 0. The maximum atomic E-state index is 14.2. The van der Waals surface area contributed by atoms with Crippen LogP contribution in [0.25, 0.3) is 22.2 Å². The third-order valence-electron chi connectivity index (χ3n) is 4.71. The van der Waals surface area contributed by atoms with E-state index < -0.39 is 11.6 Å². The zero-order chi connectivity index (χ0) is 18.7. The van der Waals surface area contributed by atoms with Crippen LogP contribution < -0.4 is 0 Å². The van der Waals surface area contributed by atoms with Gasteiger partial charge in [0.2, 0.25) is 0 Å². The molecule has 0 saturated carbocycles. The molecular formula is C19H15F3N2O2. The fraction of sp³-hybridized carbons (Fsp3) is 0.263. The normalized spacial score (nSPS) is 13.0. The number of halogens is 3. The van der Waals surface area contributed by atoms with Crippen LogP contribution >= 0.6 is 0 Å². The lowest BCUT2D eigenvalue weighted by molar-refractivity contribution is -0.173. The highest BCUT2D eigenvalue weighted by Crippen LogP contribution is 2.47. The molecule has 0 unspecified atom stereocenters. The molecule has 0 spiro atoms. The predicted molar refractivity (Wildman–Crippen MR) is 90.0 cm³/mol. The number of nitrogens with zero attached hydrogens (tertiary/aromatic N) is 2. The molecule has 0 aliphatic heterocycles. The number of oxazole rings is 2. The van der Waals surface area contributed by atoms with E-state index in [1.807, 2.05) is 0 Å². The second-order valence-corrected chi connectivity index (χ2v) is 6.45. The molecule has 0 fully saturated rings. The van der Waals surface area contributed by atoms with Crippen LogP contribution in [0.5, 0.6) is 0 Å². The molecule has 2 aromatic carbocycles. The molecule has 0 N–H and O–H groups in total. The number of aromatic nitrogens is 2. The zero-order valence-corrected chi connectivity index (χ0v) is 14.3. The maximum absolute atomic E-state index is 14.2. The number of alkyl halides is 3. The van der Waals surface area contributed by atoms with E-state index in [0.717, 1.165) is 6.92 Å². The van der Waals surface area contributed by atoms with Crippen molar-refractivity contribution in [3.8, 4) is 0 Å². The topological polar surface area (TPSA) is 52.1 Å². The molecule has 0 bridgehead atoms. The largest absolute Gasteiger partial charge is 0.441 e. The molecule has 0 radical (unpaired) electrons. The van der Waals surface area contributed by atoms with Crippen molar-refractivity contribution in [3.63, 3.8) is 0 Å². The highest BCUT2D eigenvalue weighted by atomic mass is 19.4. The lowest BCUT2D eigenvalue weighted by Crippen LogP contribution is -2.40. The summed E-state index contributed by atoms with van der Waals surface area (Å²) in [5.74, 6) is 0.815. The molecule has 0 saturated heterocycles. The second kappa shape index (κ2) is 5.33. The molecule has 0 atom stereocenters. The lowest BCUT2D eigenvalue weighted by Gasteiger charge is -2.33. The molecule has 2 heterocycles. The molecule has 0 amide bonds. The van der Waals surface area contributed by atoms with E-state index in [-0.39, 0.29) is 11.1 Å². The Labute approximate surface area is 146 Å². The summed E-state index contributed by atoms with van der Waals surface area (Å²) >= 11 is 0. The molecule has 0 aliphatic rings. The standard InChI is InChI=1S/C19H15F3N2O2/c1-10-23-14-8-12(4-6-16(14)25-10)18(3,19(20,21)22)13-5-7-17-15(9-13)24-11(2)26-17/h4-9H,1-3H3. The van der Waals surface area contributed by atoms with Crippen LogP contribution in [0.3, 0.4) is 0 Å². The van der Waals surface area contributed by atoms with Gasteiger partial charge in [0, 0.05) is 13.8 Å². The van der Waals surface area contributed by atoms with Gasteiger partial charge in [0.1, 0.15) is 16.4 Å². The van der Waals surface area contributed by atoms with Gasteiger partial charge < -0.3 is 8.83 Å². The molecule has 4 aromatic rings. The zero-order valence-electron chi connectivity index (χ0n) is 14.3. The van der Waals surface area contributed by atoms with Gasteiger partial charge in [0.15, 0.2) is 22.9 Å². The minimum atomic E-state index is -4.52. The predicted octanol–water partition coefficient (Wildman–Crippen LogP) is 5.45.